The number of carbonyl (C=O) groups is 1. The molecule has 0 saturated carbocycles. The van der Waals surface area contributed by atoms with Crippen LogP contribution in [0.1, 0.15) is 32.8 Å². The van der Waals surface area contributed by atoms with Gasteiger partial charge in [-0.15, -0.1) is 0 Å². The van der Waals surface area contributed by atoms with Crippen molar-refractivity contribution in [2.75, 3.05) is 7.11 Å². The summed E-state index contributed by atoms with van der Waals surface area (Å²) in [6.45, 7) is 5.39. The van der Waals surface area contributed by atoms with Crippen molar-refractivity contribution in [1.82, 2.24) is 0 Å². The molecule has 17 heavy (non-hydrogen) atoms. The molecule has 1 atom stereocenters. The average molecular weight is 236 g/mol. The first-order valence-electron chi connectivity index (χ1n) is 5.92. The van der Waals surface area contributed by atoms with E-state index in [0.717, 1.165) is 12.8 Å². The minimum absolute atomic E-state index is 0.00434. The van der Waals surface area contributed by atoms with Gasteiger partial charge in [0.1, 0.15) is 0 Å². The molecule has 0 spiro atoms. The first kappa shape index (κ1) is 13.6. The number of hydrogen-bond acceptors (Lipinski definition) is 3. The SMILES string of the molecule is CCCc1ccc(OC(C)C(C)=O)c(OC)c1. The van der Waals surface area contributed by atoms with Gasteiger partial charge in [-0.1, -0.05) is 19.4 Å². The number of ketones is 1. The smallest absolute Gasteiger partial charge is 0.169 e. The van der Waals surface area contributed by atoms with E-state index in [1.54, 1.807) is 14.0 Å². The molecule has 0 heterocycles. The topological polar surface area (TPSA) is 35.5 Å². The molecule has 1 rings (SSSR count). The van der Waals surface area contributed by atoms with Crippen LogP contribution in [0.2, 0.25) is 0 Å². The van der Waals surface area contributed by atoms with E-state index in [1.165, 1.54) is 12.5 Å². The minimum atomic E-state index is -0.444. The molecule has 0 fully saturated rings. The van der Waals surface area contributed by atoms with Crippen molar-refractivity contribution in [1.29, 1.82) is 0 Å². The van der Waals surface area contributed by atoms with E-state index in [1.807, 2.05) is 18.2 Å². The number of methoxy groups -OCH3 is 1. The van der Waals surface area contributed by atoms with Gasteiger partial charge in [-0.2, -0.15) is 0 Å². The molecule has 0 aliphatic heterocycles. The second-order valence-corrected chi connectivity index (χ2v) is 4.11. The third kappa shape index (κ3) is 3.77. The number of ether oxygens (including phenoxy) is 2. The predicted octanol–water partition coefficient (Wildman–Crippen LogP) is 3.00. The van der Waals surface area contributed by atoms with Crippen LogP contribution in [0.5, 0.6) is 11.5 Å². The fourth-order valence-corrected chi connectivity index (χ4v) is 1.53. The highest BCUT2D eigenvalue weighted by atomic mass is 16.5. The molecular formula is C14H20O3. The van der Waals surface area contributed by atoms with E-state index >= 15 is 0 Å². The highest BCUT2D eigenvalue weighted by molar-refractivity contribution is 5.80. The van der Waals surface area contributed by atoms with E-state index in [4.69, 9.17) is 9.47 Å². The third-order valence-corrected chi connectivity index (χ3v) is 2.64. The van der Waals surface area contributed by atoms with Gasteiger partial charge in [-0.25, -0.2) is 0 Å². The lowest BCUT2D eigenvalue weighted by molar-refractivity contribution is -0.122. The lowest BCUT2D eigenvalue weighted by Gasteiger charge is -2.15. The second-order valence-electron chi connectivity index (χ2n) is 4.11. The van der Waals surface area contributed by atoms with E-state index < -0.39 is 6.10 Å². The Bertz CT molecular complexity index is 385. The number of carbonyl (C=O) groups excluding carboxylic acids is 1. The Labute approximate surface area is 103 Å². The summed E-state index contributed by atoms with van der Waals surface area (Å²) in [5.74, 6) is 1.31. The maximum absolute atomic E-state index is 11.2. The Hall–Kier alpha value is -1.51. The Morgan fingerprint density at radius 1 is 1.35 bits per heavy atom. The van der Waals surface area contributed by atoms with Crippen LogP contribution in [0, 0.1) is 0 Å². The molecule has 1 aromatic rings. The van der Waals surface area contributed by atoms with Crippen LogP contribution < -0.4 is 9.47 Å². The average Bonchev–Trinajstić information content (AvgIpc) is 2.31. The van der Waals surface area contributed by atoms with Crippen molar-refractivity contribution in [2.24, 2.45) is 0 Å². The van der Waals surface area contributed by atoms with E-state index in [-0.39, 0.29) is 5.78 Å². The zero-order valence-electron chi connectivity index (χ0n) is 10.9. The standard InChI is InChI=1S/C14H20O3/c1-5-6-12-7-8-13(14(9-12)16-4)17-11(3)10(2)15/h7-9,11H,5-6H2,1-4H3. The highest BCUT2D eigenvalue weighted by Gasteiger charge is 2.13. The van der Waals surface area contributed by atoms with Crippen LogP contribution in [-0.4, -0.2) is 19.0 Å². The quantitative estimate of drug-likeness (QED) is 0.761. The fraction of sp³-hybridized carbons (Fsp3) is 0.500. The summed E-state index contributed by atoms with van der Waals surface area (Å²) in [6.07, 6.45) is 1.66. The maximum Gasteiger partial charge on any atom is 0.169 e. The van der Waals surface area contributed by atoms with Gasteiger partial charge in [0, 0.05) is 0 Å². The van der Waals surface area contributed by atoms with E-state index in [0.29, 0.717) is 11.5 Å². The zero-order chi connectivity index (χ0) is 12.8. The predicted molar refractivity (Wildman–Crippen MR) is 67.8 cm³/mol. The van der Waals surface area contributed by atoms with Gasteiger partial charge in [-0.05, 0) is 38.0 Å². The molecule has 0 aromatic heterocycles. The Morgan fingerprint density at radius 2 is 2.06 bits per heavy atom. The Balaban J connectivity index is 2.88. The van der Waals surface area contributed by atoms with Crippen molar-refractivity contribution in [2.45, 2.75) is 39.7 Å². The Kier molecular flexibility index (Phi) is 5.01. The van der Waals surface area contributed by atoms with Gasteiger partial charge in [-0.3, -0.25) is 4.79 Å². The summed E-state index contributed by atoms with van der Waals surface area (Å²) in [5, 5.41) is 0. The molecule has 0 saturated heterocycles. The van der Waals surface area contributed by atoms with Crippen LogP contribution in [-0.2, 0) is 11.2 Å². The number of Topliss-reactive ketones (excluding diaryl/α,β-unsaturated/α-hetero) is 1. The normalized spacial score (nSPS) is 12.0. The Morgan fingerprint density at radius 3 is 2.59 bits per heavy atom. The molecule has 0 radical (unpaired) electrons. The molecule has 3 heteroatoms. The minimum Gasteiger partial charge on any atom is -0.493 e. The maximum atomic E-state index is 11.2. The highest BCUT2D eigenvalue weighted by Crippen LogP contribution is 2.29. The van der Waals surface area contributed by atoms with Crippen molar-refractivity contribution >= 4 is 5.78 Å². The molecule has 1 unspecified atom stereocenters. The molecule has 3 nitrogen and oxygen atoms in total. The summed E-state index contributed by atoms with van der Waals surface area (Å²) in [5.41, 5.74) is 1.21. The largest absolute Gasteiger partial charge is 0.493 e. The third-order valence-electron chi connectivity index (χ3n) is 2.64. The lowest BCUT2D eigenvalue weighted by Crippen LogP contribution is -2.20. The van der Waals surface area contributed by atoms with Crippen molar-refractivity contribution in [3.05, 3.63) is 23.8 Å². The summed E-state index contributed by atoms with van der Waals surface area (Å²) in [7, 11) is 1.61. The van der Waals surface area contributed by atoms with Gasteiger partial charge in [0.2, 0.25) is 0 Å². The number of aryl methyl sites for hydroxylation is 1. The first-order valence-corrected chi connectivity index (χ1v) is 5.92. The first-order chi connectivity index (χ1) is 8.08. The van der Waals surface area contributed by atoms with Gasteiger partial charge < -0.3 is 9.47 Å². The van der Waals surface area contributed by atoms with E-state index in [9.17, 15) is 4.79 Å². The van der Waals surface area contributed by atoms with Crippen LogP contribution >= 0.6 is 0 Å². The van der Waals surface area contributed by atoms with Crippen LogP contribution in [0.4, 0.5) is 0 Å². The van der Waals surface area contributed by atoms with Crippen molar-refractivity contribution in [3.8, 4) is 11.5 Å². The van der Waals surface area contributed by atoms with Crippen molar-refractivity contribution < 1.29 is 14.3 Å². The van der Waals surface area contributed by atoms with Gasteiger partial charge >= 0.3 is 0 Å². The number of hydrogen-bond donors (Lipinski definition) is 0. The van der Waals surface area contributed by atoms with Crippen LogP contribution in [0.15, 0.2) is 18.2 Å². The molecule has 0 bridgehead atoms. The summed E-state index contributed by atoms with van der Waals surface area (Å²) in [6, 6.07) is 5.84. The fourth-order valence-electron chi connectivity index (χ4n) is 1.53. The molecule has 0 N–H and O–H groups in total. The summed E-state index contributed by atoms with van der Waals surface area (Å²) in [4.78, 5) is 11.2. The van der Waals surface area contributed by atoms with E-state index in [2.05, 4.69) is 6.92 Å². The summed E-state index contributed by atoms with van der Waals surface area (Å²) < 4.78 is 10.8. The van der Waals surface area contributed by atoms with Crippen LogP contribution in [0.25, 0.3) is 0 Å². The molecular weight excluding hydrogens is 216 g/mol. The molecule has 94 valence electrons. The molecule has 0 amide bonds. The van der Waals surface area contributed by atoms with Crippen molar-refractivity contribution in [3.63, 3.8) is 0 Å². The summed E-state index contributed by atoms with van der Waals surface area (Å²) >= 11 is 0. The zero-order valence-corrected chi connectivity index (χ0v) is 10.9. The second kappa shape index (κ2) is 6.28. The monoisotopic (exact) mass is 236 g/mol. The number of rotatable bonds is 6. The van der Waals surface area contributed by atoms with Crippen LogP contribution in [0.3, 0.4) is 0 Å². The molecule has 0 aliphatic carbocycles. The van der Waals surface area contributed by atoms with Gasteiger partial charge in [0.15, 0.2) is 23.4 Å². The molecule has 1 aromatic carbocycles. The molecule has 0 aliphatic rings. The number of benzene rings is 1. The van der Waals surface area contributed by atoms with Gasteiger partial charge in [0.05, 0.1) is 7.11 Å². The lowest BCUT2D eigenvalue weighted by atomic mass is 10.1. The van der Waals surface area contributed by atoms with Gasteiger partial charge in [0.25, 0.3) is 0 Å².